The Hall–Kier alpha value is -4.66. The van der Waals surface area contributed by atoms with Gasteiger partial charge in [-0.05, 0) is 80.6 Å². The second kappa shape index (κ2) is 13.5. The maximum absolute atomic E-state index is 14.9. The van der Waals surface area contributed by atoms with Gasteiger partial charge >= 0.3 is 6.03 Å². The van der Waals surface area contributed by atoms with Gasteiger partial charge in [0.15, 0.2) is 0 Å². The highest BCUT2D eigenvalue weighted by atomic mass is 16.3. The fourth-order valence-electron chi connectivity index (χ4n) is 5.95. The number of aliphatic hydroxyl groups excluding tert-OH is 2. The first-order valence-corrected chi connectivity index (χ1v) is 15.3. The van der Waals surface area contributed by atoms with Gasteiger partial charge in [-0.2, -0.15) is 0 Å². The molecule has 8 heteroatoms. The number of benzene rings is 4. The number of rotatable bonds is 8. The zero-order valence-electron chi connectivity index (χ0n) is 26.0. The number of nitrogens with zero attached hydrogens (tertiary/aromatic N) is 2. The van der Waals surface area contributed by atoms with E-state index < -0.39 is 29.8 Å². The van der Waals surface area contributed by atoms with Crippen molar-refractivity contribution in [1.29, 1.82) is 0 Å². The van der Waals surface area contributed by atoms with E-state index in [4.69, 9.17) is 5.73 Å². The molecule has 8 nitrogen and oxygen atoms in total. The number of hydrogen-bond acceptors (Lipinski definition) is 5. The van der Waals surface area contributed by atoms with Crippen molar-refractivity contribution in [2.75, 3.05) is 10.6 Å². The lowest BCUT2D eigenvalue weighted by molar-refractivity contribution is -0.0291. The number of nitrogen functional groups attached to an aromatic ring is 1. The molecule has 0 aliphatic carbocycles. The summed E-state index contributed by atoms with van der Waals surface area (Å²) in [5.74, 6) is -0.216. The van der Waals surface area contributed by atoms with E-state index in [2.05, 4.69) is 5.32 Å². The molecule has 45 heavy (non-hydrogen) atoms. The summed E-state index contributed by atoms with van der Waals surface area (Å²) < 4.78 is 0. The van der Waals surface area contributed by atoms with Crippen molar-refractivity contribution in [3.05, 3.63) is 131 Å². The van der Waals surface area contributed by atoms with Gasteiger partial charge in [-0.15, -0.1) is 0 Å². The molecule has 5 N–H and O–H groups in total. The van der Waals surface area contributed by atoms with Gasteiger partial charge in [-0.3, -0.25) is 9.69 Å². The van der Waals surface area contributed by atoms with Crippen LogP contribution in [0.2, 0.25) is 0 Å². The molecule has 4 aromatic carbocycles. The van der Waals surface area contributed by atoms with Crippen LogP contribution in [-0.4, -0.2) is 56.9 Å². The molecule has 4 atom stereocenters. The predicted octanol–water partition coefficient (Wildman–Crippen LogP) is 5.18. The molecule has 1 heterocycles. The summed E-state index contributed by atoms with van der Waals surface area (Å²) in [4.78, 5) is 31.1. The largest absolute Gasteiger partial charge is 0.399 e. The molecular formula is C37H42N4O4. The van der Waals surface area contributed by atoms with Crippen LogP contribution in [0.15, 0.2) is 109 Å². The average molecular weight is 607 g/mol. The fourth-order valence-corrected chi connectivity index (χ4v) is 5.95. The van der Waals surface area contributed by atoms with Crippen LogP contribution >= 0.6 is 0 Å². The van der Waals surface area contributed by atoms with E-state index in [0.717, 1.165) is 16.7 Å². The summed E-state index contributed by atoms with van der Waals surface area (Å²) in [5, 5.41) is 26.8. The number of aliphatic hydroxyl groups is 2. The van der Waals surface area contributed by atoms with Crippen LogP contribution in [0.3, 0.4) is 0 Å². The van der Waals surface area contributed by atoms with Gasteiger partial charge in [0.05, 0.1) is 12.1 Å². The maximum atomic E-state index is 14.9. The number of carbonyl (C=O) groups excluding carboxylic acids is 2. The summed E-state index contributed by atoms with van der Waals surface area (Å²) in [6.45, 7) is 5.86. The highest BCUT2D eigenvalue weighted by molar-refractivity contribution is 5.95. The zero-order chi connectivity index (χ0) is 32.1. The third kappa shape index (κ3) is 7.71. The second-order valence-corrected chi connectivity index (χ2v) is 12.8. The van der Waals surface area contributed by atoms with Gasteiger partial charge in [0.2, 0.25) is 0 Å². The van der Waals surface area contributed by atoms with Crippen LogP contribution in [-0.2, 0) is 19.4 Å². The number of hydrogen-bond donors (Lipinski definition) is 4. The van der Waals surface area contributed by atoms with E-state index in [1.54, 1.807) is 52.3 Å². The number of urea groups is 1. The quantitative estimate of drug-likeness (QED) is 0.206. The van der Waals surface area contributed by atoms with E-state index in [9.17, 15) is 19.8 Å². The van der Waals surface area contributed by atoms with Gasteiger partial charge in [0.1, 0.15) is 12.2 Å². The summed E-state index contributed by atoms with van der Waals surface area (Å²) in [5.41, 5.74) is 9.80. The molecule has 4 aromatic rings. The SMILES string of the molecule is CC(C)(C)NC(=O)c1cccc(CN2C(=O)N(c3cccc(N)c3)[C@H](Cc3ccccc3)[C@H](O)[C@@H](O)[C@H]2Cc2ccccc2)c1. The number of carbonyl (C=O) groups is 2. The summed E-state index contributed by atoms with van der Waals surface area (Å²) in [6.07, 6.45) is -1.93. The molecule has 5 rings (SSSR count). The molecule has 1 aliphatic rings. The molecule has 0 unspecified atom stereocenters. The Bertz CT molecular complexity index is 1610. The number of amides is 3. The molecule has 0 radical (unpaired) electrons. The second-order valence-electron chi connectivity index (χ2n) is 12.8. The van der Waals surface area contributed by atoms with E-state index >= 15 is 0 Å². The third-order valence-electron chi connectivity index (χ3n) is 8.08. The molecule has 234 valence electrons. The molecule has 1 saturated heterocycles. The van der Waals surface area contributed by atoms with E-state index in [-0.39, 0.29) is 18.5 Å². The molecule has 0 bridgehead atoms. The van der Waals surface area contributed by atoms with E-state index in [1.807, 2.05) is 87.5 Å². The molecule has 1 fully saturated rings. The third-order valence-corrected chi connectivity index (χ3v) is 8.08. The maximum Gasteiger partial charge on any atom is 0.325 e. The number of nitrogens with one attached hydrogen (secondary N) is 1. The molecule has 3 amide bonds. The lowest BCUT2D eigenvalue weighted by Crippen LogP contribution is -2.51. The Morgan fingerprint density at radius 3 is 1.91 bits per heavy atom. The summed E-state index contributed by atoms with van der Waals surface area (Å²) in [7, 11) is 0. The minimum Gasteiger partial charge on any atom is -0.399 e. The Morgan fingerprint density at radius 2 is 1.31 bits per heavy atom. The highest BCUT2D eigenvalue weighted by Crippen LogP contribution is 2.33. The van der Waals surface area contributed by atoms with Crippen LogP contribution in [0, 0.1) is 0 Å². The molecular weight excluding hydrogens is 564 g/mol. The number of nitrogens with two attached hydrogens (primary N) is 1. The van der Waals surface area contributed by atoms with Gasteiger partial charge in [0.25, 0.3) is 5.91 Å². The molecule has 0 aromatic heterocycles. The highest BCUT2D eigenvalue weighted by Gasteiger charge is 2.47. The van der Waals surface area contributed by atoms with E-state index in [1.165, 1.54) is 0 Å². The minimum absolute atomic E-state index is 0.105. The first-order valence-electron chi connectivity index (χ1n) is 15.3. The lowest BCUT2D eigenvalue weighted by atomic mass is 9.90. The standard InChI is InChI=1S/C37H42N4O4/c1-37(2,3)39-35(44)28-17-10-16-27(20-28)24-40-31(21-25-12-6-4-7-13-25)33(42)34(43)32(22-26-14-8-5-9-15-26)41(36(40)45)30-19-11-18-29(38)23-30/h4-20,23,31-34,42-43H,21-22,24,38H2,1-3H3,(H,39,44)/t31-,32-,33+,34+/m1/s1. The van der Waals surface area contributed by atoms with Gasteiger partial charge in [0, 0.05) is 29.0 Å². The van der Waals surface area contributed by atoms with Gasteiger partial charge < -0.3 is 26.2 Å². The summed E-state index contributed by atoms with van der Waals surface area (Å²) >= 11 is 0. The Balaban J connectivity index is 1.60. The topological polar surface area (TPSA) is 119 Å². The molecule has 0 saturated carbocycles. The van der Waals surface area contributed by atoms with Crippen LogP contribution in [0.4, 0.5) is 16.2 Å². The Labute approximate surface area is 265 Å². The Kier molecular flexibility index (Phi) is 9.56. The van der Waals surface area contributed by atoms with Crippen molar-refractivity contribution in [1.82, 2.24) is 10.2 Å². The number of anilines is 2. The lowest BCUT2D eigenvalue weighted by Gasteiger charge is -2.36. The van der Waals surface area contributed by atoms with Crippen LogP contribution in [0.1, 0.15) is 47.8 Å². The van der Waals surface area contributed by atoms with E-state index in [0.29, 0.717) is 29.8 Å². The molecule has 0 spiro atoms. The van der Waals surface area contributed by atoms with Crippen LogP contribution in [0.5, 0.6) is 0 Å². The van der Waals surface area contributed by atoms with Gasteiger partial charge in [-0.1, -0.05) is 78.9 Å². The van der Waals surface area contributed by atoms with Crippen LogP contribution < -0.4 is 16.0 Å². The fraction of sp³-hybridized carbons (Fsp3) is 0.297. The smallest absolute Gasteiger partial charge is 0.325 e. The van der Waals surface area contributed by atoms with Crippen molar-refractivity contribution in [3.8, 4) is 0 Å². The van der Waals surface area contributed by atoms with Crippen molar-refractivity contribution < 1.29 is 19.8 Å². The Morgan fingerprint density at radius 1 is 0.756 bits per heavy atom. The minimum atomic E-state index is -1.28. The van der Waals surface area contributed by atoms with Crippen molar-refractivity contribution in [2.24, 2.45) is 0 Å². The predicted molar refractivity (Wildman–Crippen MR) is 178 cm³/mol. The summed E-state index contributed by atoms with van der Waals surface area (Å²) in [6, 6.07) is 31.5. The molecule has 1 aliphatic heterocycles. The van der Waals surface area contributed by atoms with Crippen molar-refractivity contribution in [3.63, 3.8) is 0 Å². The zero-order valence-corrected chi connectivity index (χ0v) is 26.0. The first-order chi connectivity index (χ1) is 21.5. The monoisotopic (exact) mass is 606 g/mol. The van der Waals surface area contributed by atoms with Gasteiger partial charge in [-0.25, -0.2) is 4.79 Å². The normalized spacial score (nSPS) is 20.5. The average Bonchev–Trinajstić information content (AvgIpc) is 3.07. The van der Waals surface area contributed by atoms with Crippen molar-refractivity contribution in [2.45, 2.75) is 70.0 Å². The first kappa shape index (κ1) is 31.8. The van der Waals surface area contributed by atoms with Crippen molar-refractivity contribution >= 4 is 23.3 Å². The van der Waals surface area contributed by atoms with Crippen LogP contribution in [0.25, 0.3) is 0 Å².